The van der Waals surface area contributed by atoms with Crippen LogP contribution >= 0.6 is 23.2 Å². The van der Waals surface area contributed by atoms with Crippen molar-refractivity contribution in [3.8, 4) is 11.5 Å². The second kappa shape index (κ2) is 7.63. The highest BCUT2D eigenvalue weighted by Gasteiger charge is 2.16. The maximum absolute atomic E-state index is 11.9. The number of rotatable bonds is 5. The van der Waals surface area contributed by atoms with Gasteiger partial charge in [0, 0.05) is 27.4 Å². The number of ether oxygens (including phenoxy) is 3. The average Bonchev–Trinajstić information content (AvgIpc) is 3.04. The maximum Gasteiger partial charge on any atom is 0.310 e. The molecule has 0 aromatic heterocycles. The molecule has 0 spiro atoms. The van der Waals surface area contributed by atoms with E-state index >= 15 is 0 Å². The zero-order chi connectivity index (χ0) is 17.8. The van der Waals surface area contributed by atoms with Gasteiger partial charge in [-0.15, -0.1) is 0 Å². The fourth-order valence-corrected chi connectivity index (χ4v) is 2.75. The summed E-state index contributed by atoms with van der Waals surface area (Å²) in [5.41, 5.74) is 0.978. The molecule has 0 fully saturated rings. The highest BCUT2D eigenvalue weighted by Crippen LogP contribution is 2.34. The van der Waals surface area contributed by atoms with Crippen LogP contribution in [0.3, 0.4) is 0 Å². The van der Waals surface area contributed by atoms with E-state index in [1.165, 1.54) is 0 Å². The Labute approximate surface area is 153 Å². The van der Waals surface area contributed by atoms with Gasteiger partial charge >= 0.3 is 5.97 Å². The van der Waals surface area contributed by atoms with Gasteiger partial charge in [-0.1, -0.05) is 29.3 Å². The van der Waals surface area contributed by atoms with Crippen molar-refractivity contribution in [1.82, 2.24) is 0 Å². The number of hydrogen-bond acceptors (Lipinski definition) is 5. The third-order valence-corrected chi connectivity index (χ3v) is 4.11. The Hall–Kier alpha value is -2.44. The molecule has 2 aromatic rings. The first-order chi connectivity index (χ1) is 12.0. The normalized spacial score (nSPS) is 11.9. The Morgan fingerprint density at radius 3 is 2.56 bits per heavy atom. The van der Waals surface area contributed by atoms with E-state index in [0.29, 0.717) is 32.8 Å². The largest absolute Gasteiger partial charge is 0.455 e. The number of carbonyl (C=O) groups excluding carboxylic acids is 2. The molecule has 0 aliphatic carbocycles. The summed E-state index contributed by atoms with van der Waals surface area (Å²) in [6, 6.07) is 9.91. The van der Waals surface area contributed by atoms with Crippen molar-refractivity contribution >= 4 is 40.8 Å². The number of esters is 1. The van der Waals surface area contributed by atoms with Crippen LogP contribution in [-0.4, -0.2) is 25.3 Å². The van der Waals surface area contributed by atoms with Crippen molar-refractivity contribution in [1.29, 1.82) is 0 Å². The lowest BCUT2D eigenvalue weighted by atomic mass is 10.1. The minimum absolute atomic E-state index is 0.115. The van der Waals surface area contributed by atoms with Gasteiger partial charge in [-0.3, -0.25) is 9.59 Å². The van der Waals surface area contributed by atoms with Crippen LogP contribution in [0.4, 0.5) is 5.69 Å². The Bertz CT molecular complexity index is 804. The number of carbonyl (C=O) groups is 2. The van der Waals surface area contributed by atoms with Crippen LogP contribution < -0.4 is 14.8 Å². The molecule has 1 aliphatic rings. The van der Waals surface area contributed by atoms with Crippen LogP contribution in [0.5, 0.6) is 11.5 Å². The number of anilines is 1. The van der Waals surface area contributed by atoms with E-state index in [9.17, 15) is 9.59 Å². The van der Waals surface area contributed by atoms with Crippen molar-refractivity contribution in [2.75, 3.05) is 18.7 Å². The molecule has 0 saturated heterocycles. The van der Waals surface area contributed by atoms with Gasteiger partial charge in [0.05, 0.1) is 6.42 Å². The molecule has 1 N–H and O–H groups in total. The lowest BCUT2D eigenvalue weighted by Gasteiger charge is -2.09. The molecule has 0 unspecified atom stereocenters. The number of hydrogen-bond donors (Lipinski definition) is 1. The first kappa shape index (κ1) is 17.4. The molecule has 0 bridgehead atoms. The lowest BCUT2D eigenvalue weighted by Crippen LogP contribution is -2.21. The van der Waals surface area contributed by atoms with Crippen molar-refractivity contribution in [3.63, 3.8) is 0 Å². The minimum atomic E-state index is -0.601. The highest BCUT2D eigenvalue weighted by atomic mass is 35.5. The standard InChI is InChI=1S/C17H13Cl2NO5/c18-12-2-1-3-13(19)11(12)7-17(22)23-8-16(21)20-10-4-5-14-15(6-10)25-9-24-14/h1-6H,7-9H2,(H,20,21). The van der Waals surface area contributed by atoms with Crippen LogP contribution in [0.1, 0.15) is 5.56 Å². The third kappa shape index (κ3) is 4.35. The molecule has 0 saturated carbocycles. The van der Waals surface area contributed by atoms with Crippen molar-refractivity contribution < 1.29 is 23.8 Å². The monoisotopic (exact) mass is 381 g/mol. The zero-order valence-electron chi connectivity index (χ0n) is 12.9. The minimum Gasteiger partial charge on any atom is -0.455 e. The Morgan fingerprint density at radius 2 is 1.80 bits per heavy atom. The van der Waals surface area contributed by atoms with E-state index in [1.54, 1.807) is 36.4 Å². The van der Waals surface area contributed by atoms with Crippen LogP contribution in [0.2, 0.25) is 10.0 Å². The third-order valence-electron chi connectivity index (χ3n) is 3.40. The number of benzene rings is 2. The maximum atomic E-state index is 11.9. The summed E-state index contributed by atoms with van der Waals surface area (Å²) in [5.74, 6) is 0.0810. The van der Waals surface area contributed by atoms with Gasteiger partial charge in [-0.2, -0.15) is 0 Å². The molecule has 25 heavy (non-hydrogen) atoms. The molecular formula is C17H13Cl2NO5. The van der Waals surface area contributed by atoms with E-state index < -0.39 is 18.5 Å². The average molecular weight is 382 g/mol. The lowest BCUT2D eigenvalue weighted by molar-refractivity contribution is -0.146. The van der Waals surface area contributed by atoms with Gasteiger partial charge in [0.1, 0.15) is 0 Å². The van der Waals surface area contributed by atoms with E-state index in [2.05, 4.69) is 5.32 Å². The number of nitrogens with one attached hydrogen (secondary N) is 1. The summed E-state index contributed by atoms with van der Waals surface area (Å²) in [7, 11) is 0. The van der Waals surface area contributed by atoms with Gasteiger partial charge in [-0.25, -0.2) is 0 Å². The Balaban J connectivity index is 1.51. The number of fused-ring (bicyclic) bond motifs is 1. The molecular weight excluding hydrogens is 369 g/mol. The van der Waals surface area contributed by atoms with Gasteiger partial charge in [0.15, 0.2) is 18.1 Å². The van der Waals surface area contributed by atoms with Gasteiger partial charge in [-0.05, 0) is 24.3 Å². The molecule has 1 heterocycles. The number of amides is 1. The first-order valence-corrected chi connectivity index (χ1v) is 8.06. The summed E-state index contributed by atoms with van der Waals surface area (Å²) in [5, 5.41) is 3.35. The zero-order valence-corrected chi connectivity index (χ0v) is 14.4. The molecule has 1 amide bonds. The second-order valence-corrected chi connectivity index (χ2v) is 5.97. The highest BCUT2D eigenvalue weighted by molar-refractivity contribution is 6.36. The van der Waals surface area contributed by atoms with Crippen LogP contribution in [0.25, 0.3) is 0 Å². The van der Waals surface area contributed by atoms with Crippen molar-refractivity contribution in [3.05, 3.63) is 52.0 Å². The van der Waals surface area contributed by atoms with Crippen LogP contribution in [0, 0.1) is 0 Å². The van der Waals surface area contributed by atoms with Crippen molar-refractivity contribution in [2.45, 2.75) is 6.42 Å². The summed E-state index contributed by atoms with van der Waals surface area (Å²) >= 11 is 12.0. The fraction of sp³-hybridized carbons (Fsp3) is 0.176. The smallest absolute Gasteiger partial charge is 0.310 e. The molecule has 3 rings (SSSR count). The molecule has 1 aliphatic heterocycles. The molecule has 2 aromatic carbocycles. The number of halogens is 2. The van der Waals surface area contributed by atoms with Gasteiger partial charge in [0.25, 0.3) is 5.91 Å². The molecule has 6 nitrogen and oxygen atoms in total. The predicted molar refractivity (Wildman–Crippen MR) is 92.3 cm³/mol. The quantitative estimate of drug-likeness (QED) is 0.802. The van der Waals surface area contributed by atoms with Gasteiger partial charge in [0.2, 0.25) is 6.79 Å². The summed E-state index contributed by atoms with van der Waals surface area (Å²) in [4.78, 5) is 23.8. The first-order valence-electron chi connectivity index (χ1n) is 7.31. The van der Waals surface area contributed by atoms with E-state index in [4.69, 9.17) is 37.4 Å². The molecule has 130 valence electrons. The predicted octanol–water partition coefficient (Wildman–Crippen LogP) is 3.45. The SMILES string of the molecule is O=C(COC(=O)Cc1c(Cl)cccc1Cl)Nc1ccc2c(c1)OCO2. The molecule has 0 radical (unpaired) electrons. The van der Waals surface area contributed by atoms with Crippen molar-refractivity contribution in [2.24, 2.45) is 0 Å². The van der Waals surface area contributed by atoms with E-state index in [-0.39, 0.29) is 13.2 Å². The van der Waals surface area contributed by atoms with E-state index in [1.807, 2.05) is 0 Å². The fourth-order valence-electron chi connectivity index (χ4n) is 2.21. The summed E-state index contributed by atoms with van der Waals surface area (Å²) in [6.45, 7) is -0.274. The molecule has 0 atom stereocenters. The topological polar surface area (TPSA) is 73.9 Å². The van der Waals surface area contributed by atoms with E-state index in [0.717, 1.165) is 0 Å². The Morgan fingerprint density at radius 1 is 1.08 bits per heavy atom. The van der Waals surface area contributed by atoms with Crippen LogP contribution in [0.15, 0.2) is 36.4 Å². The second-order valence-electron chi connectivity index (χ2n) is 5.15. The van der Waals surface area contributed by atoms with Gasteiger partial charge < -0.3 is 19.5 Å². The summed E-state index contributed by atoms with van der Waals surface area (Å²) < 4.78 is 15.4. The Kier molecular flexibility index (Phi) is 5.31. The van der Waals surface area contributed by atoms with Crippen LogP contribution in [-0.2, 0) is 20.7 Å². The molecule has 8 heteroatoms. The summed E-state index contributed by atoms with van der Waals surface area (Å²) in [6.07, 6.45) is -0.115.